The van der Waals surface area contributed by atoms with Crippen LogP contribution < -0.4 is 9.80 Å². The second-order valence-corrected chi connectivity index (χ2v) is 4.67. The number of benzene rings is 1. The number of rotatable bonds is 1. The van der Waals surface area contributed by atoms with Gasteiger partial charge >= 0.3 is 0 Å². The van der Waals surface area contributed by atoms with Crippen LogP contribution in [0, 0.1) is 0 Å². The van der Waals surface area contributed by atoms with Crippen molar-refractivity contribution in [3.63, 3.8) is 0 Å². The predicted octanol–water partition coefficient (Wildman–Crippen LogP) is 2.10. The number of carbonyl (C=O) groups is 1. The number of anilines is 2. The number of alkyl halides is 1. The molecule has 86 valence electrons. The van der Waals surface area contributed by atoms with Gasteiger partial charge in [0.2, 0.25) is 5.91 Å². The molecule has 0 radical (unpaired) electrons. The molecule has 0 saturated heterocycles. The first-order chi connectivity index (χ1) is 7.61. The number of amides is 1. The van der Waals surface area contributed by atoms with E-state index in [1.165, 1.54) is 0 Å². The van der Waals surface area contributed by atoms with Crippen molar-refractivity contribution in [2.45, 2.75) is 12.3 Å². The van der Waals surface area contributed by atoms with Gasteiger partial charge in [-0.05, 0) is 19.1 Å². The smallest absolute Gasteiger partial charge is 0.244 e. The van der Waals surface area contributed by atoms with Crippen molar-refractivity contribution < 1.29 is 4.79 Å². The lowest BCUT2D eigenvalue weighted by molar-refractivity contribution is -0.118. The highest BCUT2D eigenvalue weighted by Crippen LogP contribution is 2.32. The molecule has 3 nitrogen and oxygen atoms in total. The number of hydrogen-bond donors (Lipinski definition) is 0. The predicted molar refractivity (Wildman–Crippen MR) is 67.4 cm³/mol. The maximum Gasteiger partial charge on any atom is 0.244 e. The number of para-hydroxylation sites is 2. The van der Waals surface area contributed by atoms with Crippen LogP contribution >= 0.6 is 11.6 Å². The minimum Gasteiger partial charge on any atom is -0.371 e. The summed E-state index contributed by atoms with van der Waals surface area (Å²) in [5.74, 6) is -0.0257. The van der Waals surface area contributed by atoms with E-state index in [-0.39, 0.29) is 5.91 Å². The van der Waals surface area contributed by atoms with Gasteiger partial charge in [0.15, 0.2) is 0 Å². The van der Waals surface area contributed by atoms with Crippen molar-refractivity contribution in [1.82, 2.24) is 0 Å². The van der Waals surface area contributed by atoms with Gasteiger partial charge in [-0.3, -0.25) is 4.79 Å². The number of hydrogen-bond acceptors (Lipinski definition) is 2. The Balaban J connectivity index is 2.38. The van der Waals surface area contributed by atoms with E-state index in [1.807, 2.05) is 31.3 Å². The maximum absolute atomic E-state index is 11.9. The van der Waals surface area contributed by atoms with Gasteiger partial charge in [-0.1, -0.05) is 12.1 Å². The average Bonchev–Trinajstić information content (AvgIpc) is 2.29. The molecule has 0 aromatic heterocycles. The Labute approximate surface area is 101 Å². The summed E-state index contributed by atoms with van der Waals surface area (Å²) >= 11 is 5.86. The van der Waals surface area contributed by atoms with Crippen LogP contribution in [0.1, 0.15) is 6.92 Å². The summed E-state index contributed by atoms with van der Waals surface area (Å²) in [6.07, 6.45) is 0. The average molecular weight is 239 g/mol. The van der Waals surface area contributed by atoms with Gasteiger partial charge in [-0.25, -0.2) is 0 Å². The molecule has 0 bridgehead atoms. The van der Waals surface area contributed by atoms with Crippen LogP contribution in [0.25, 0.3) is 0 Å². The second-order valence-electron chi connectivity index (χ2n) is 4.02. The first kappa shape index (κ1) is 11.3. The molecule has 1 heterocycles. The molecule has 16 heavy (non-hydrogen) atoms. The summed E-state index contributed by atoms with van der Waals surface area (Å²) in [7, 11) is 2.03. The number of fused-ring (bicyclic) bond motifs is 1. The van der Waals surface area contributed by atoms with Crippen LogP contribution in [0.3, 0.4) is 0 Å². The van der Waals surface area contributed by atoms with E-state index in [0.717, 1.165) is 17.9 Å². The molecule has 4 heteroatoms. The third-order valence-corrected chi connectivity index (χ3v) is 3.04. The van der Waals surface area contributed by atoms with Crippen molar-refractivity contribution in [3.8, 4) is 0 Å². The molecule has 1 amide bonds. The highest BCUT2D eigenvalue weighted by atomic mass is 35.5. The number of carbonyl (C=O) groups excluding carboxylic acids is 1. The summed E-state index contributed by atoms with van der Waals surface area (Å²) in [6, 6.07) is 7.90. The van der Waals surface area contributed by atoms with E-state index >= 15 is 0 Å². The molecular weight excluding hydrogens is 224 g/mol. The maximum atomic E-state index is 11.9. The second kappa shape index (κ2) is 4.34. The van der Waals surface area contributed by atoms with Gasteiger partial charge in [0, 0.05) is 20.1 Å². The van der Waals surface area contributed by atoms with Gasteiger partial charge in [-0.15, -0.1) is 11.6 Å². The molecule has 0 N–H and O–H groups in total. The Hall–Kier alpha value is -1.22. The highest BCUT2D eigenvalue weighted by Gasteiger charge is 2.26. The van der Waals surface area contributed by atoms with Gasteiger partial charge < -0.3 is 9.80 Å². The summed E-state index contributed by atoms with van der Waals surface area (Å²) in [6.45, 7) is 3.25. The molecule has 0 aliphatic carbocycles. The quantitative estimate of drug-likeness (QED) is 0.700. The number of likely N-dealkylation sites (N-methyl/N-ethyl adjacent to an activating group) is 1. The molecular formula is C12H15ClN2O. The highest BCUT2D eigenvalue weighted by molar-refractivity contribution is 6.32. The monoisotopic (exact) mass is 238 g/mol. The summed E-state index contributed by atoms with van der Waals surface area (Å²) in [5, 5.41) is -0.475. The lowest BCUT2D eigenvalue weighted by Gasteiger charge is -2.36. The molecule has 0 saturated carbocycles. The van der Waals surface area contributed by atoms with E-state index in [4.69, 9.17) is 11.6 Å². The standard InChI is InChI=1S/C12H15ClN2O/c1-9(13)12(16)15-8-7-14(2)10-5-3-4-6-11(10)15/h3-6,9H,7-8H2,1-2H3. The Kier molecular flexibility index (Phi) is 3.06. The summed E-state index contributed by atoms with van der Waals surface area (Å²) < 4.78 is 0. The fourth-order valence-corrected chi connectivity index (χ4v) is 2.07. The van der Waals surface area contributed by atoms with Crippen LogP contribution in [0.4, 0.5) is 11.4 Å². The molecule has 1 atom stereocenters. The fourth-order valence-electron chi connectivity index (χ4n) is 1.95. The molecule has 2 rings (SSSR count). The van der Waals surface area contributed by atoms with Crippen molar-refractivity contribution in [3.05, 3.63) is 24.3 Å². The largest absolute Gasteiger partial charge is 0.371 e. The molecule has 1 aliphatic heterocycles. The molecule has 0 fully saturated rings. The zero-order valence-corrected chi connectivity index (χ0v) is 10.2. The lowest BCUT2D eigenvalue weighted by atomic mass is 10.1. The normalized spacial score (nSPS) is 16.9. The summed E-state index contributed by atoms with van der Waals surface area (Å²) in [4.78, 5) is 15.9. The molecule has 1 aliphatic rings. The Morgan fingerprint density at radius 1 is 1.31 bits per heavy atom. The van der Waals surface area contributed by atoms with Crippen molar-refractivity contribution >= 4 is 28.9 Å². The fraction of sp³-hybridized carbons (Fsp3) is 0.417. The van der Waals surface area contributed by atoms with Crippen molar-refractivity contribution in [2.75, 3.05) is 29.9 Å². The minimum atomic E-state index is -0.475. The zero-order chi connectivity index (χ0) is 11.7. The summed E-state index contributed by atoms with van der Waals surface area (Å²) in [5.41, 5.74) is 2.04. The van der Waals surface area contributed by atoms with E-state index < -0.39 is 5.38 Å². The first-order valence-corrected chi connectivity index (χ1v) is 5.80. The van der Waals surface area contributed by atoms with Crippen LogP contribution in [-0.4, -0.2) is 31.4 Å². The van der Waals surface area contributed by atoms with E-state index in [0.29, 0.717) is 6.54 Å². The topological polar surface area (TPSA) is 23.6 Å². The first-order valence-electron chi connectivity index (χ1n) is 5.37. The van der Waals surface area contributed by atoms with Crippen molar-refractivity contribution in [1.29, 1.82) is 0 Å². The van der Waals surface area contributed by atoms with Gasteiger partial charge in [0.05, 0.1) is 11.4 Å². The van der Waals surface area contributed by atoms with Gasteiger partial charge in [0.25, 0.3) is 0 Å². The van der Waals surface area contributed by atoms with Gasteiger partial charge in [-0.2, -0.15) is 0 Å². The van der Waals surface area contributed by atoms with E-state index in [9.17, 15) is 4.79 Å². The van der Waals surface area contributed by atoms with Crippen molar-refractivity contribution in [2.24, 2.45) is 0 Å². The van der Waals surface area contributed by atoms with Gasteiger partial charge in [0.1, 0.15) is 5.38 Å². The Bertz CT molecular complexity index is 406. The zero-order valence-electron chi connectivity index (χ0n) is 9.48. The number of halogens is 1. The molecule has 1 aromatic rings. The van der Waals surface area contributed by atoms with E-state index in [2.05, 4.69) is 4.90 Å². The van der Waals surface area contributed by atoms with E-state index in [1.54, 1.807) is 11.8 Å². The molecule has 1 unspecified atom stereocenters. The molecule has 0 spiro atoms. The third-order valence-electron chi connectivity index (χ3n) is 2.85. The van der Waals surface area contributed by atoms with Crippen LogP contribution in [-0.2, 0) is 4.79 Å². The third kappa shape index (κ3) is 1.87. The SMILES string of the molecule is CC(Cl)C(=O)N1CCN(C)c2ccccc21. The van der Waals surface area contributed by atoms with Crippen LogP contribution in [0.5, 0.6) is 0 Å². The Morgan fingerprint density at radius 3 is 2.56 bits per heavy atom. The minimum absolute atomic E-state index is 0.0257. The number of nitrogens with zero attached hydrogens (tertiary/aromatic N) is 2. The molecule has 1 aromatic carbocycles. The lowest BCUT2D eigenvalue weighted by Crippen LogP contribution is -2.45. The Morgan fingerprint density at radius 2 is 1.94 bits per heavy atom. The van der Waals surface area contributed by atoms with Crippen LogP contribution in [0.15, 0.2) is 24.3 Å². The van der Waals surface area contributed by atoms with Crippen LogP contribution in [0.2, 0.25) is 0 Å².